The summed E-state index contributed by atoms with van der Waals surface area (Å²) in [5, 5.41) is 7.75. The lowest BCUT2D eigenvalue weighted by Gasteiger charge is -2.21. The molecule has 1 heterocycles. The van der Waals surface area contributed by atoms with Crippen LogP contribution in [0.25, 0.3) is 11.4 Å². The third-order valence-corrected chi connectivity index (χ3v) is 4.54. The molecule has 2 aromatic rings. The number of aromatic nitrogens is 3. The van der Waals surface area contributed by atoms with E-state index in [4.69, 9.17) is 22.1 Å². The Hall–Kier alpha value is -2.19. The highest BCUT2D eigenvalue weighted by atomic mass is 32.1. The molecule has 2 rings (SSSR count). The van der Waals surface area contributed by atoms with E-state index in [0.29, 0.717) is 18.0 Å². The first-order chi connectivity index (χ1) is 13.0. The molecule has 1 atom stereocenters. The lowest BCUT2D eigenvalue weighted by Crippen LogP contribution is -3.09. The fourth-order valence-electron chi connectivity index (χ4n) is 2.97. The molecule has 0 fully saturated rings. The Kier molecular flexibility index (Phi) is 7.01. The van der Waals surface area contributed by atoms with Crippen LogP contribution in [0, 0.1) is 4.77 Å². The average molecular weight is 407 g/mol. The standard InChI is InChI=1S/C20H31N5O2S/c1-14(2)25-18(15-8-10-16(27-7)11-9-15)22-24(19(25)28)13-23(6)12-17(26)21-20(3,4)5/h8-11,14H,12-13H2,1-7H3,(H,21,26)/p+1. The van der Waals surface area contributed by atoms with Crippen molar-refractivity contribution in [1.29, 1.82) is 0 Å². The smallest absolute Gasteiger partial charge is 0.275 e. The largest absolute Gasteiger partial charge is 0.497 e. The average Bonchev–Trinajstić information content (AvgIpc) is 2.89. The van der Waals surface area contributed by atoms with Crippen LogP contribution in [0.4, 0.5) is 0 Å². The van der Waals surface area contributed by atoms with Crippen molar-refractivity contribution in [2.75, 3.05) is 20.7 Å². The number of benzene rings is 1. The zero-order valence-corrected chi connectivity index (χ0v) is 18.7. The van der Waals surface area contributed by atoms with Crippen molar-refractivity contribution in [1.82, 2.24) is 19.7 Å². The number of quaternary nitrogens is 1. The van der Waals surface area contributed by atoms with Gasteiger partial charge in [0.15, 0.2) is 19.0 Å². The van der Waals surface area contributed by atoms with Gasteiger partial charge in [-0.15, -0.1) is 5.10 Å². The van der Waals surface area contributed by atoms with Gasteiger partial charge in [0.1, 0.15) is 5.75 Å². The van der Waals surface area contributed by atoms with Gasteiger partial charge in [0, 0.05) is 17.1 Å². The molecule has 0 aliphatic heterocycles. The molecule has 2 N–H and O–H groups in total. The molecule has 7 nitrogen and oxygen atoms in total. The minimum atomic E-state index is -0.242. The first kappa shape index (κ1) is 22.1. The maximum atomic E-state index is 12.2. The summed E-state index contributed by atoms with van der Waals surface area (Å²) in [5.41, 5.74) is 0.733. The Morgan fingerprint density at radius 2 is 1.89 bits per heavy atom. The lowest BCUT2D eigenvalue weighted by molar-refractivity contribution is -0.895. The molecule has 0 aliphatic carbocycles. The van der Waals surface area contributed by atoms with Gasteiger partial charge in [-0.1, -0.05) is 0 Å². The highest BCUT2D eigenvalue weighted by Gasteiger charge is 2.20. The Bertz CT molecular complexity index is 862. The summed E-state index contributed by atoms with van der Waals surface area (Å²) in [6.45, 7) is 11.0. The molecule has 0 spiro atoms. The molecule has 1 aromatic heterocycles. The Morgan fingerprint density at radius 1 is 1.29 bits per heavy atom. The summed E-state index contributed by atoms with van der Waals surface area (Å²) in [7, 11) is 3.61. The molecule has 0 saturated heterocycles. The molecule has 1 aromatic carbocycles. The third kappa shape index (κ3) is 5.65. The van der Waals surface area contributed by atoms with E-state index in [9.17, 15) is 4.79 Å². The van der Waals surface area contributed by atoms with E-state index in [1.807, 2.05) is 56.7 Å². The summed E-state index contributed by atoms with van der Waals surface area (Å²) in [4.78, 5) is 13.2. The Morgan fingerprint density at radius 3 is 2.39 bits per heavy atom. The Balaban J connectivity index is 2.26. The number of methoxy groups -OCH3 is 1. The lowest BCUT2D eigenvalue weighted by atomic mass is 10.1. The van der Waals surface area contributed by atoms with Gasteiger partial charge in [0.05, 0.1) is 14.2 Å². The molecule has 0 radical (unpaired) electrons. The highest BCUT2D eigenvalue weighted by Crippen LogP contribution is 2.24. The SMILES string of the molecule is COc1ccc(-c2nn(C[NH+](C)CC(=O)NC(C)(C)C)c(=S)n2C(C)C)cc1. The van der Waals surface area contributed by atoms with Gasteiger partial charge in [0.2, 0.25) is 4.77 Å². The molecule has 0 aliphatic rings. The van der Waals surface area contributed by atoms with E-state index in [1.165, 1.54) is 0 Å². The monoisotopic (exact) mass is 406 g/mol. The summed E-state index contributed by atoms with van der Waals surface area (Å²) >= 11 is 5.68. The van der Waals surface area contributed by atoms with E-state index in [1.54, 1.807) is 11.8 Å². The quantitative estimate of drug-likeness (QED) is 0.691. The second kappa shape index (κ2) is 8.87. The molecular formula is C20H32N5O2S+. The van der Waals surface area contributed by atoms with Gasteiger partial charge in [0.25, 0.3) is 5.91 Å². The van der Waals surface area contributed by atoms with Crippen LogP contribution < -0.4 is 15.0 Å². The van der Waals surface area contributed by atoms with E-state index in [0.717, 1.165) is 22.0 Å². The number of nitrogens with zero attached hydrogens (tertiary/aromatic N) is 3. The number of rotatable bonds is 7. The fraction of sp³-hybridized carbons (Fsp3) is 0.550. The van der Waals surface area contributed by atoms with Gasteiger partial charge < -0.3 is 15.0 Å². The van der Waals surface area contributed by atoms with Gasteiger partial charge in [-0.2, -0.15) is 4.68 Å². The maximum absolute atomic E-state index is 12.2. The number of likely N-dealkylation sites (N-methyl/N-ethyl adjacent to an activating group) is 1. The number of carbonyl (C=O) groups is 1. The zero-order chi connectivity index (χ0) is 21.1. The van der Waals surface area contributed by atoms with Crippen LogP contribution in [0.5, 0.6) is 5.75 Å². The van der Waals surface area contributed by atoms with Crippen molar-refractivity contribution in [3.63, 3.8) is 0 Å². The normalized spacial score (nSPS) is 12.9. The number of nitrogens with one attached hydrogen (secondary N) is 2. The van der Waals surface area contributed by atoms with Crippen LogP contribution >= 0.6 is 12.2 Å². The number of carbonyl (C=O) groups excluding carboxylic acids is 1. The van der Waals surface area contributed by atoms with Crippen molar-refractivity contribution in [3.8, 4) is 17.1 Å². The molecule has 8 heteroatoms. The molecular weight excluding hydrogens is 374 g/mol. The van der Waals surface area contributed by atoms with Gasteiger partial charge in [-0.3, -0.25) is 9.36 Å². The molecule has 0 saturated carbocycles. The van der Waals surface area contributed by atoms with Crippen LogP contribution in [0.2, 0.25) is 0 Å². The van der Waals surface area contributed by atoms with Crippen molar-refractivity contribution >= 4 is 18.1 Å². The minimum Gasteiger partial charge on any atom is -0.497 e. The van der Waals surface area contributed by atoms with E-state index in [2.05, 4.69) is 19.2 Å². The summed E-state index contributed by atoms with van der Waals surface area (Å²) in [6.07, 6.45) is 0. The summed E-state index contributed by atoms with van der Waals surface area (Å²) in [6, 6.07) is 7.95. The third-order valence-electron chi connectivity index (χ3n) is 4.13. The number of ether oxygens (including phenoxy) is 1. The molecule has 1 amide bonds. The predicted octanol–water partition coefficient (Wildman–Crippen LogP) is 2.06. The predicted molar refractivity (Wildman–Crippen MR) is 113 cm³/mol. The second-order valence-corrected chi connectivity index (χ2v) is 8.75. The molecule has 0 bridgehead atoms. The van der Waals surface area contributed by atoms with Crippen LogP contribution in [-0.4, -0.2) is 46.5 Å². The van der Waals surface area contributed by atoms with Gasteiger partial charge in [-0.25, -0.2) is 0 Å². The first-order valence-corrected chi connectivity index (χ1v) is 9.88. The van der Waals surface area contributed by atoms with Gasteiger partial charge in [-0.05, 0) is 71.1 Å². The summed E-state index contributed by atoms with van der Waals surface area (Å²) in [5.74, 6) is 1.62. The van der Waals surface area contributed by atoms with Crippen LogP contribution in [0.3, 0.4) is 0 Å². The van der Waals surface area contributed by atoms with E-state index >= 15 is 0 Å². The first-order valence-electron chi connectivity index (χ1n) is 9.48. The molecule has 28 heavy (non-hydrogen) atoms. The Labute approximate surface area is 172 Å². The maximum Gasteiger partial charge on any atom is 0.275 e. The van der Waals surface area contributed by atoms with E-state index in [-0.39, 0.29) is 17.5 Å². The van der Waals surface area contributed by atoms with Crippen LogP contribution in [-0.2, 0) is 11.5 Å². The van der Waals surface area contributed by atoms with Crippen molar-refractivity contribution in [3.05, 3.63) is 29.0 Å². The van der Waals surface area contributed by atoms with Crippen LogP contribution in [0.1, 0.15) is 40.7 Å². The number of hydrogen-bond acceptors (Lipinski definition) is 4. The van der Waals surface area contributed by atoms with Crippen molar-refractivity contribution in [2.24, 2.45) is 0 Å². The van der Waals surface area contributed by atoms with E-state index < -0.39 is 0 Å². The number of amides is 1. The van der Waals surface area contributed by atoms with Crippen molar-refractivity contribution in [2.45, 2.75) is 52.9 Å². The zero-order valence-electron chi connectivity index (χ0n) is 17.9. The second-order valence-electron chi connectivity index (χ2n) is 8.39. The topological polar surface area (TPSA) is 65.5 Å². The summed E-state index contributed by atoms with van der Waals surface area (Å²) < 4.78 is 9.73. The fourth-order valence-corrected chi connectivity index (χ4v) is 3.38. The molecule has 1 unspecified atom stereocenters. The molecule has 154 valence electrons. The van der Waals surface area contributed by atoms with Gasteiger partial charge >= 0.3 is 0 Å². The number of hydrogen-bond donors (Lipinski definition) is 2. The minimum absolute atomic E-state index is 0.00943. The highest BCUT2D eigenvalue weighted by molar-refractivity contribution is 7.71. The van der Waals surface area contributed by atoms with Crippen molar-refractivity contribution < 1.29 is 14.4 Å². The van der Waals surface area contributed by atoms with Crippen LogP contribution in [0.15, 0.2) is 24.3 Å².